The van der Waals surface area contributed by atoms with Gasteiger partial charge in [0.2, 0.25) is 5.91 Å². The number of amides is 1. The van der Waals surface area contributed by atoms with Crippen molar-refractivity contribution in [1.82, 2.24) is 9.80 Å². The molecule has 1 N–H and O–H groups in total. The van der Waals surface area contributed by atoms with Gasteiger partial charge >= 0.3 is 5.97 Å². The molecule has 194 valence electrons. The maximum atomic E-state index is 14.8. The number of carboxylic acid groups (broad SMARTS) is 1. The first-order valence-electron chi connectivity index (χ1n) is 12.4. The Balaban J connectivity index is 1.51. The van der Waals surface area contributed by atoms with Crippen LogP contribution in [0.1, 0.15) is 62.1 Å². The lowest BCUT2D eigenvalue weighted by Gasteiger charge is -2.35. The molecule has 0 radical (unpaired) electrons. The van der Waals surface area contributed by atoms with Gasteiger partial charge in [-0.25, -0.2) is 8.78 Å². The first-order valence-corrected chi connectivity index (χ1v) is 12.8. The fraction of sp³-hybridized carbons (Fsp3) is 0.500. The molecule has 0 unspecified atom stereocenters. The lowest BCUT2D eigenvalue weighted by Crippen LogP contribution is -2.44. The quantitative estimate of drug-likeness (QED) is 0.570. The van der Waals surface area contributed by atoms with Crippen LogP contribution in [0.3, 0.4) is 0 Å². The molecule has 2 aliphatic heterocycles. The molecule has 2 aromatic rings. The molecule has 2 aliphatic rings. The zero-order valence-corrected chi connectivity index (χ0v) is 21.7. The van der Waals surface area contributed by atoms with Crippen LogP contribution in [0.15, 0.2) is 36.4 Å². The summed E-state index contributed by atoms with van der Waals surface area (Å²) in [5, 5.41) is 9.81. The Labute approximate surface area is 216 Å². The number of benzene rings is 2. The number of hydrogen-bond acceptors (Lipinski definition) is 3. The van der Waals surface area contributed by atoms with Gasteiger partial charge in [0.15, 0.2) is 0 Å². The number of nitrogens with zero attached hydrogens (tertiary/aromatic N) is 2. The Bertz CT molecular complexity index is 1140. The Hall–Kier alpha value is -2.51. The number of carboxylic acids is 1. The third-order valence-corrected chi connectivity index (χ3v) is 7.88. The molecule has 0 aromatic heterocycles. The summed E-state index contributed by atoms with van der Waals surface area (Å²) in [4.78, 5) is 29.1. The third-order valence-electron chi connectivity index (χ3n) is 7.64. The molecule has 0 bridgehead atoms. The monoisotopic (exact) mass is 518 g/mol. The van der Waals surface area contributed by atoms with Gasteiger partial charge in [-0.1, -0.05) is 23.7 Å². The van der Waals surface area contributed by atoms with Crippen LogP contribution in [0, 0.1) is 17.6 Å². The Morgan fingerprint density at radius 1 is 1.03 bits per heavy atom. The van der Waals surface area contributed by atoms with Crippen LogP contribution < -0.4 is 0 Å². The highest BCUT2D eigenvalue weighted by atomic mass is 35.5. The molecular formula is C28H33ClF2N2O3. The fourth-order valence-electron chi connectivity index (χ4n) is 5.65. The molecule has 5 nitrogen and oxygen atoms in total. The van der Waals surface area contributed by atoms with Crippen molar-refractivity contribution in [3.8, 4) is 0 Å². The molecule has 2 atom stereocenters. The largest absolute Gasteiger partial charge is 0.481 e. The Kier molecular flexibility index (Phi) is 7.72. The molecule has 0 aliphatic carbocycles. The van der Waals surface area contributed by atoms with Gasteiger partial charge in [-0.3, -0.25) is 14.5 Å². The molecule has 8 heteroatoms. The van der Waals surface area contributed by atoms with Crippen molar-refractivity contribution >= 4 is 23.5 Å². The van der Waals surface area contributed by atoms with Gasteiger partial charge < -0.3 is 10.0 Å². The zero-order chi connectivity index (χ0) is 26.2. The van der Waals surface area contributed by atoms with Crippen molar-refractivity contribution in [2.75, 3.05) is 26.2 Å². The van der Waals surface area contributed by atoms with Gasteiger partial charge in [0.1, 0.15) is 11.6 Å². The second kappa shape index (κ2) is 10.5. The predicted molar refractivity (Wildman–Crippen MR) is 135 cm³/mol. The zero-order valence-electron chi connectivity index (χ0n) is 20.9. The van der Waals surface area contributed by atoms with Gasteiger partial charge in [0, 0.05) is 48.7 Å². The lowest BCUT2D eigenvalue weighted by molar-refractivity contribution is -0.137. The molecule has 0 spiro atoms. The van der Waals surface area contributed by atoms with Gasteiger partial charge in [0.25, 0.3) is 0 Å². The van der Waals surface area contributed by atoms with Crippen LogP contribution in [-0.4, -0.2) is 58.5 Å². The second-order valence-corrected chi connectivity index (χ2v) is 11.4. The third kappa shape index (κ3) is 5.73. The average Bonchev–Trinajstić information content (AvgIpc) is 3.24. The van der Waals surface area contributed by atoms with Gasteiger partial charge in [-0.2, -0.15) is 0 Å². The number of hydrogen-bond donors (Lipinski definition) is 1. The van der Waals surface area contributed by atoms with Crippen LogP contribution in [0.4, 0.5) is 8.78 Å². The number of carbonyl (C=O) groups excluding carboxylic acids is 1. The van der Waals surface area contributed by atoms with E-state index in [1.54, 1.807) is 12.1 Å². The van der Waals surface area contributed by atoms with E-state index in [0.29, 0.717) is 55.2 Å². The molecule has 0 saturated carbocycles. The SMILES string of the molecule is CC(C)(C)N1C[C@@H](C(=O)N2CCC(c3ccc(Cl)cc3CC(=O)O)CC2)[C@H](c2ccc(F)cc2F)C1. The molecule has 1 amide bonds. The number of halogens is 3. The summed E-state index contributed by atoms with van der Waals surface area (Å²) in [7, 11) is 0. The highest BCUT2D eigenvalue weighted by molar-refractivity contribution is 6.30. The molecule has 4 rings (SSSR count). The number of likely N-dealkylation sites (tertiary alicyclic amines) is 2. The molecule has 2 fully saturated rings. The first kappa shape index (κ1) is 26.6. The number of rotatable bonds is 5. The molecule has 2 aromatic carbocycles. The van der Waals surface area contributed by atoms with E-state index in [9.17, 15) is 23.5 Å². The van der Waals surface area contributed by atoms with Crippen LogP contribution >= 0.6 is 11.6 Å². The smallest absolute Gasteiger partial charge is 0.307 e. The fourth-order valence-corrected chi connectivity index (χ4v) is 5.85. The van der Waals surface area contributed by atoms with Gasteiger partial charge in [0.05, 0.1) is 12.3 Å². The predicted octanol–water partition coefficient (Wildman–Crippen LogP) is 5.47. The van der Waals surface area contributed by atoms with Crippen LogP contribution in [0.5, 0.6) is 0 Å². The summed E-state index contributed by atoms with van der Waals surface area (Å²) in [6, 6.07) is 9.01. The summed E-state index contributed by atoms with van der Waals surface area (Å²) < 4.78 is 28.3. The van der Waals surface area contributed by atoms with Crippen molar-refractivity contribution in [3.05, 3.63) is 69.7 Å². The van der Waals surface area contributed by atoms with Crippen molar-refractivity contribution < 1.29 is 23.5 Å². The minimum atomic E-state index is -0.908. The summed E-state index contributed by atoms with van der Waals surface area (Å²) in [5.41, 5.74) is 1.88. The Morgan fingerprint density at radius 3 is 2.31 bits per heavy atom. The highest BCUT2D eigenvalue weighted by Crippen LogP contribution is 2.40. The molecule has 2 saturated heterocycles. The molecule has 36 heavy (non-hydrogen) atoms. The van der Waals surface area contributed by atoms with E-state index in [-0.39, 0.29) is 29.7 Å². The highest BCUT2D eigenvalue weighted by Gasteiger charge is 2.44. The van der Waals surface area contributed by atoms with Crippen LogP contribution in [0.2, 0.25) is 5.02 Å². The number of carbonyl (C=O) groups is 2. The van der Waals surface area contributed by atoms with Crippen LogP contribution in [0.25, 0.3) is 0 Å². The molecular weight excluding hydrogens is 486 g/mol. The minimum Gasteiger partial charge on any atom is -0.481 e. The second-order valence-electron chi connectivity index (χ2n) is 11.0. The first-order chi connectivity index (χ1) is 16.9. The van der Waals surface area contributed by atoms with Crippen LogP contribution in [-0.2, 0) is 16.0 Å². The standard InChI is InChI=1S/C28H33ClF2N2O3/c1-28(2,3)33-15-23(22-7-5-20(30)14-25(22)31)24(16-33)27(36)32-10-8-17(9-11-32)21-6-4-19(29)12-18(21)13-26(34)35/h4-7,12,14,17,23-24H,8-11,13,15-16H2,1-3H3,(H,34,35)/t23-,24+/m0/s1. The van der Waals surface area contributed by atoms with E-state index >= 15 is 0 Å². The van der Waals surface area contributed by atoms with Crippen molar-refractivity contribution in [3.63, 3.8) is 0 Å². The summed E-state index contributed by atoms with van der Waals surface area (Å²) in [5.74, 6) is -2.78. The molecule has 2 heterocycles. The topological polar surface area (TPSA) is 60.9 Å². The minimum absolute atomic E-state index is 0.00390. The summed E-state index contributed by atoms with van der Waals surface area (Å²) in [6.45, 7) is 8.36. The van der Waals surface area contributed by atoms with E-state index in [0.717, 1.165) is 11.6 Å². The number of aliphatic carboxylic acids is 1. The Morgan fingerprint density at radius 2 is 1.69 bits per heavy atom. The number of piperidine rings is 1. The van der Waals surface area contributed by atoms with Gasteiger partial charge in [-0.05, 0) is 74.4 Å². The normalized spacial score (nSPS) is 21.7. The average molecular weight is 519 g/mol. The maximum absolute atomic E-state index is 14.8. The van der Waals surface area contributed by atoms with Crippen molar-refractivity contribution in [2.45, 2.75) is 57.4 Å². The van der Waals surface area contributed by atoms with E-state index in [1.165, 1.54) is 12.1 Å². The summed E-state index contributed by atoms with van der Waals surface area (Å²) >= 11 is 6.11. The van der Waals surface area contributed by atoms with E-state index in [2.05, 4.69) is 25.7 Å². The van der Waals surface area contributed by atoms with Crippen molar-refractivity contribution in [1.29, 1.82) is 0 Å². The van der Waals surface area contributed by atoms with E-state index < -0.39 is 23.5 Å². The van der Waals surface area contributed by atoms with Crippen molar-refractivity contribution in [2.24, 2.45) is 5.92 Å². The van der Waals surface area contributed by atoms with E-state index in [4.69, 9.17) is 11.6 Å². The maximum Gasteiger partial charge on any atom is 0.307 e. The lowest BCUT2D eigenvalue weighted by atomic mass is 9.84. The van der Waals surface area contributed by atoms with Gasteiger partial charge in [-0.15, -0.1) is 0 Å². The van der Waals surface area contributed by atoms with E-state index in [1.807, 2.05) is 11.0 Å². The summed E-state index contributed by atoms with van der Waals surface area (Å²) in [6.07, 6.45) is 1.33.